The molecule has 208 valence electrons. The maximum atomic E-state index is 14.0. The number of nitrogens with one attached hydrogen (secondary N) is 2. The number of para-hydroxylation sites is 2. The average molecular weight is 581 g/mol. The third-order valence-electron chi connectivity index (χ3n) is 7.67. The summed E-state index contributed by atoms with van der Waals surface area (Å²) in [5.74, 6) is -0.323. The predicted octanol–water partition coefficient (Wildman–Crippen LogP) is 5.54. The van der Waals surface area contributed by atoms with Crippen LogP contribution in [0.3, 0.4) is 0 Å². The van der Waals surface area contributed by atoms with E-state index in [0.29, 0.717) is 41.7 Å². The van der Waals surface area contributed by atoms with E-state index in [1.807, 2.05) is 67.6 Å². The summed E-state index contributed by atoms with van der Waals surface area (Å²) in [6.07, 6.45) is 0.839. The quantitative estimate of drug-likeness (QED) is 0.401. The topological polar surface area (TPSA) is 85.0 Å². The van der Waals surface area contributed by atoms with Gasteiger partial charge >= 0.3 is 6.03 Å². The van der Waals surface area contributed by atoms with Crippen molar-refractivity contribution in [3.63, 3.8) is 0 Å². The van der Waals surface area contributed by atoms with E-state index >= 15 is 0 Å². The van der Waals surface area contributed by atoms with Crippen LogP contribution < -0.4 is 15.5 Å². The number of halogens is 2. The number of benzene rings is 3. The third-order valence-corrected chi connectivity index (χ3v) is 8.30. The summed E-state index contributed by atoms with van der Waals surface area (Å²) in [5.41, 5.74) is 1.40. The van der Waals surface area contributed by atoms with Gasteiger partial charge in [0, 0.05) is 18.8 Å². The molecule has 2 saturated heterocycles. The monoisotopic (exact) mass is 579 g/mol. The van der Waals surface area contributed by atoms with Crippen LogP contribution in [0.2, 0.25) is 10.0 Å². The molecule has 1 spiro atoms. The highest BCUT2D eigenvalue weighted by atomic mass is 35.5. The Balaban J connectivity index is 1.30. The van der Waals surface area contributed by atoms with Gasteiger partial charge in [0.05, 0.1) is 28.4 Å². The van der Waals surface area contributed by atoms with Crippen LogP contribution in [0.1, 0.15) is 31.4 Å². The number of carbonyl (C=O) groups excluding carboxylic acids is 3. The van der Waals surface area contributed by atoms with Crippen LogP contribution in [0.4, 0.5) is 16.2 Å². The van der Waals surface area contributed by atoms with Gasteiger partial charge in [0.25, 0.3) is 5.91 Å². The van der Waals surface area contributed by atoms with Gasteiger partial charge < -0.3 is 25.3 Å². The van der Waals surface area contributed by atoms with E-state index < -0.39 is 5.54 Å². The van der Waals surface area contributed by atoms with Crippen molar-refractivity contribution < 1.29 is 14.4 Å². The second-order valence-corrected chi connectivity index (χ2v) is 11.0. The lowest BCUT2D eigenvalue weighted by Crippen LogP contribution is -2.58. The number of urea groups is 1. The average Bonchev–Trinajstić information content (AvgIpc) is 3.22. The lowest BCUT2D eigenvalue weighted by atomic mass is 9.85. The summed E-state index contributed by atoms with van der Waals surface area (Å²) in [4.78, 5) is 45.4. The molecule has 4 amide bonds. The van der Waals surface area contributed by atoms with E-state index in [0.717, 1.165) is 11.3 Å². The van der Waals surface area contributed by atoms with Gasteiger partial charge in [-0.15, -0.1) is 0 Å². The van der Waals surface area contributed by atoms with Gasteiger partial charge in [-0.05, 0) is 49.6 Å². The number of nitrogens with zero attached hydrogens (tertiary/aromatic N) is 3. The van der Waals surface area contributed by atoms with Gasteiger partial charge in [0.15, 0.2) is 0 Å². The molecule has 0 radical (unpaired) electrons. The molecule has 2 heterocycles. The zero-order valence-corrected chi connectivity index (χ0v) is 23.7. The molecule has 2 aliphatic rings. The fourth-order valence-corrected chi connectivity index (χ4v) is 5.98. The smallest absolute Gasteiger partial charge is 0.321 e. The first-order chi connectivity index (χ1) is 19.3. The number of rotatable bonds is 6. The Hall–Kier alpha value is -3.75. The van der Waals surface area contributed by atoms with Crippen LogP contribution >= 0.6 is 23.2 Å². The summed E-state index contributed by atoms with van der Waals surface area (Å²) in [6.45, 7) is 2.88. The van der Waals surface area contributed by atoms with Crippen molar-refractivity contribution in [2.24, 2.45) is 0 Å². The minimum absolute atomic E-state index is 0.0453. The predicted molar refractivity (Wildman–Crippen MR) is 158 cm³/mol. The van der Waals surface area contributed by atoms with Crippen LogP contribution in [-0.2, 0) is 9.59 Å². The highest BCUT2D eigenvalue weighted by Gasteiger charge is 2.54. The van der Waals surface area contributed by atoms with Crippen LogP contribution in [0.15, 0.2) is 78.9 Å². The SMILES string of the molecule is CC(NC(=O)CN1CN(c2ccccc2)C2(CCN(C(=O)Nc3c(Cl)cccc3Cl)CC2)C1=O)c1ccccc1. The van der Waals surface area contributed by atoms with Gasteiger partial charge in [-0.1, -0.05) is 77.8 Å². The molecule has 3 aromatic carbocycles. The molecule has 0 aromatic heterocycles. The molecular weight excluding hydrogens is 549 g/mol. The van der Waals surface area contributed by atoms with Gasteiger partial charge in [0.2, 0.25) is 5.91 Å². The summed E-state index contributed by atoms with van der Waals surface area (Å²) in [5, 5.41) is 6.52. The molecule has 1 unspecified atom stereocenters. The molecule has 0 bridgehead atoms. The van der Waals surface area contributed by atoms with E-state index in [1.54, 1.807) is 28.0 Å². The van der Waals surface area contributed by atoms with Gasteiger partial charge in [-0.3, -0.25) is 9.59 Å². The lowest BCUT2D eigenvalue weighted by Gasteiger charge is -2.43. The normalized spacial score (nSPS) is 17.2. The Morgan fingerprint density at radius 3 is 2.12 bits per heavy atom. The zero-order valence-electron chi connectivity index (χ0n) is 22.1. The minimum atomic E-state index is -0.856. The van der Waals surface area contributed by atoms with E-state index in [-0.39, 0.29) is 37.1 Å². The van der Waals surface area contributed by atoms with Crippen molar-refractivity contribution in [1.29, 1.82) is 0 Å². The Bertz CT molecular complexity index is 1360. The van der Waals surface area contributed by atoms with Crippen molar-refractivity contribution in [1.82, 2.24) is 15.1 Å². The number of hydrogen-bond acceptors (Lipinski definition) is 4. The fourth-order valence-electron chi connectivity index (χ4n) is 5.49. The number of piperidine rings is 1. The lowest BCUT2D eigenvalue weighted by molar-refractivity contribution is -0.137. The van der Waals surface area contributed by atoms with Gasteiger partial charge in [0.1, 0.15) is 12.1 Å². The molecular formula is C30H31Cl2N5O3. The first-order valence-electron chi connectivity index (χ1n) is 13.2. The molecule has 40 heavy (non-hydrogen) atoms. The Labute approximate surface area is 243 Å². The standard InChI is InChI=1S/C30H31Cl2N5O3/c1-21(22-9-4-2-5-10-22)33-26(38)19-36-20-37(23-11-6-3-7-12-23)30(28(36)39)15-17-35(18-16-30)29(40)34-27-24(31)13-8-14-25(27)32/h2-14,21H,15-20H2,1H3,(H,33,38)(H,34,40). The Morgan fingerprint density at radius 1 is 0.900 bits per heavy atom. The Kier molecular flexibility index (Phi) is 8.19. The molecule has 0 saturated carbocycles. The molecule has 3 aromatic rings. The highest BCUT2D eigenvalue weighted by molar-refractivity contribution is 6.39. The van der Waals surface area contributed by atoms with Crippen LogP contribution in [0.25, 0.3) is 0 Å². The minimum Gasteiger partial charge on any atom is -0.348 e. The molecule has 8 nitrogen and oxygen atoms in total. The maximum absolute atomic E-state index is 14.0. The third kappa shape index (κ3) is 5.60. The van der Waals surface area contributed by atoms with E-state index in [9.17, 15) is 14.4 Å². The van der Waals surface area contributed by atoms with Crippen LogP contribution in [-0.4, -0.2) is 59.5 Å². The molecule has 2 fully saturated rings. The van der Waals surface area contributed by atoms with Crippen molar-refractivity contribution in [2.45, 2.75) is 31.3 Å². The first kappa shape index (κ1) is 27.8. The van der Waals surface area contributed by atoms with Crippen LogP contribution in [0.5, 0.6) is 0 Å². The van der Waals surface area contributed by atoms with Crippen molar-refractivity contribution in [3.8, 4) is 0 Å². The molecule has 5 rings (SSSR count). The van der Waals surface area contributed by atoms with Crippen molar-refractivity contribution in [2.75, 3.05) is 36.5 Å². The zero-order chi connectivity index (χ0) is 28.3. The van der Waals surface area contributed by atoms with E-state index in [1.165, 1.54) is 0 Å². The number of carbonyl (C=O) groups is 3. The number of anilines is 2. The molecule has 2 aliphatic heterocycles. The van der Waals surface area contributed by atoms with E-state index in [2.05, 4.69) is 15.5 Å². The molecule has 2 N–H and O–H groups in total. The second kappa shape index (κ2) is 11.8. The largest absolute Gasteiger partial charge is 0.348 e. The van der Waals surface area contributed by atoms with Gasteiger partial charge in [-0.2, -0.15) is 0 Å². The fraction of sp³-hybridized carbons (Fsp3) is 0.300. The number of likely N-dealkylation sites (tertiary alicyclic amines) is 1. The second-order valence-electron chi connectivity index (χ2n) is 10.2. The summed E-state index contributed by atoms with van der Waals surface area (Å²) in [6, 6.07) is 24.0. The summed E-state index contributed by atoms with van der Waals surface area (Å²) >= 11 is 12.5. The van der Waals surface area contributed by atoms with Crippen LogP contribution in [0, 0.1) is 0 Å². The van der Waals surface area contributed by atoms with E-state index in [4.69, 9.17) is 23.2 Å². The van der Waals surface area contributed by atoms with Gasteiger partial charge in [-0.25, -0.2) is 4.79 Å². The molecule has 10 heteroatoms. The first-order valence-corrected chi connectivity index (χ1v) is 14.0. The molecule has 0 aliphatic carbocycles. The molecule has 1 atom stereocenters. The van der Waals surface area contributed by atoms with Crippen molar-refractivity contribution >= 4 is 52.4 Å². The number of amides is 4. The highest BCUT2D eigenvalue weighted by Crippen LogP contribution is 2.40. The summed E-state index contributed by atoms with van der Waals surface area (Å²) < 4.78 is 0. The van der Waals surface area contributed by atoms with Crippen molar-refractivity contribution in [3.05, 3.63) is 94.5 Å². The number of hydrogen-bond donors (Lipinski definition) is 2. The summed E-state index contributed by atoms with van der Waals surface area (Å²) in [7, 11) is 0. The maximum Gasteiger partial charge on any atom is 0.321 e. The Morgan fingerprint density at radius 2 is 1.50 bits per heavy atom.